The Balaban J connectivity index is 1.36. The highest BCUT2D eigenvalue weighted by molar-refractivity contribution is 6.88. The average molecular weight is 486 g/mol. The second-order valence-corrected chi connectivity index (χ2v) is 15.7. The van der Waals surface area contributed by atoms with Gasteiger partial charge in [0.2, 0.25) is 5.82 Å². The summed E-state index contributed by atoms with van der Waals surface area (Å²) >= 11 is 0. The third-order valence-electron chi connectivity index (χ3n) is 6.97. The minimum atomic E-state index is -1.33. The summed E-state index contributed by atoms with van der Waals surface area (Å²) < 4.78 is 7.95. The van der Waals surface area contributed by atoms with Crippen molar-refractivity contribution in [1.82, 2.24) is 19.6 Å². The van der Waals surface area contributed by atoms with Crippen molar-refractivity contribution in [1.29, 1.82) is 0 Å². The summed E-state index contributed by atoms with van der Waals surface area (Å²) in [6.45, 7) is 14.3. The van der Waals surface area contributed by atoms with E-state index < -0.39 is 8.07 Å². The molecule has 4 aromatic rings. The Bertz CT molecular complexity index is 1290. The van der Waals surface area contributed by atoms with E-state index in [2.05, 4.69) is 114 Å². The Hall–Kier alpha value is -3.16. The van der Waals surface area contributed by atoms with Gasteiger partial charge in [0.25, 0.3) is 5.89 Å². The van der Waals surface area contributed by atoms with Gasteiger partial charge < -0.3 is 18.9 Å². The van der Waals surface area contributed by atoms with Crippen LogP contribution in [0.5, 0.6) is 0 Å². The fraction of sp³-hybridized carbons (Fsp3) is 0.357. The van der Waals surface area contributed by atoms with Crippen LogP contribution in [0.15, 0.2) is 65.3 Å². The molecule has 35 heavy (non-hydrogen) atoms. The van der Waals surface area contributed by atoms with Crippen LogP contribution in [0.3, 0.4) is 0 Å². The van der Waals surface area contributed by atoms with Crippen molar-refractivity contribution in [2.75, 3.05) is 38.1 Å². The summed E-state index contributed by atoms with van der Waals surface area (Å²) in [6, 6.07) is 19.5. The number of para-hydroxylation sites is 1. The molecule has 1 fully saturated rings. The lowest BCUT2D eigenvalue weighted by atomic mass is 10.1. The highest BCUT2D eigenvalue weighted by Gasteiger charge is 2.19. The number of piperazine rings is 1. The predicted octanol–water partition coefficient (Wildman–Crippen LogP) is 4.86. The molecule has 3 heterocycles. The van der Waals surface area contributed by atoms with Crippen LogP contribution in [-0.4, -0.2) is 60.9 Å². The normalized spacial score (nSPS) is 15.1. The maximum Gasteiger partial charge on any atom is 0.259 e. The number of hydrogen-bond acceptors (Lipinski definition) is 5. The van der Waals surface area contributed by atoms with Gasteiger partial charge >= 0.3 is 0 Å². The van der Waals surface area contributed by atoms with Gasteiger partial charge in [-0.25, -0.2) is 0 Å². The number of likely N-dealkylation sites (N-methyl/N-ethyl adjacent to an activating group) is 1. The summed E-state index contributed by atoms with van der Waals surface area (Å²) in [5, 5.41) is 5.69. The third-order valence-corrected chi connectivity index (χ3v) is 9.04. The molecule has 0 unspecified atom stereocenters. The molecular weight excluding hydrogens is 450 g/mol. The van der Waals surface area contributed by atoms with E-state index in [-0.39, 0.29) is 0 Å². The Labute approximate surface area is 209 Å². The first-order chi connectivity index (χ1) is 16.8. The largest absolute Gasteiger partial charge is 0.369 e. The summed E-state index contributed by atoms with van der Waals surface area (Å²) in [6.07, 6.45) is 2.13. The van der Waals surface area contributed by atoms with Gasteiger partial charge in [-0.2, -0.15) is 4.98 Å². The zero-order valence-corrected chi connectivity index (χ0v) is 22.5. The molecule has 0 atom stereocenters. The van der Waals surface area contributed by atoms with Crippen LogP contribution in [-0.2, 0) is 6.54 Å². The molecule has 1 saturated heterocycles. The maximum absolute atomic E-state index is 5.67. The van der Waals surface area contributed by atoms with Crippen LogP contribution in [0.1, 0.15) is 11.3 Å². The van der Waals surface area contributed by atoms with Crippen molar-refractivity contribution >= 4 is 18.9 Å². The number of rotatable bonds is 6. The van der Waals surface area contributed by atoms with Crippen molar-refractivity contribution in [3.8, 4) is 22.8 Å². The first kappa shape index (κ1) is 23.6. The number of aromatic nitrogens is 3. The standard InChI is InChI=1S/C28H35N5OSi/c1-21-18-24(28-29-27(30-34-28)22-10-12-25(13-11-22)35(3,4)5)20-33(21)19-23-8-6-7-9-26(23)32-16-14-31(2)15-17-32/h6-13,18,20H,14-17,19H2,1-5H3. The average Bonchev–Trinajstić information content (AvgIpc) is 3.47. The van der Waals surface area contributed by atoms with Crippen LogP contribution in [0.4, 0.5) is 5.69 Å². The maximum atomic E-state index is 5.67. The Morgan fingerprint density at radius 3 is 2.34 bits per heavy atom. The lowest BCUT2D eigenvalue weighted by Gasteiger charge is -2.35. The van der Waals surface area contributed by atoms with Gasteiger partial charge in [-0.15, -0.1) is 0 Å². The molecule has 1 aliphatic rings. The smallest absolute Gasteiger partial charge is 0.259 e. The van der Waals surface area contributed by atoms with E-state index in [9.17, 15) is 0 Å². The second-order valence-electron chi connectivity index (χ2n) is 10.7. The second kappa shape index (κ2) is 9.47. The first-order valence-electron chi connectivity index (χ1n) is 12.4. The van der Waals surface area contributed by atoms with Gasteiger partial charge in [-0.3, -0.25) is 0 Å². The van der Waals surface area contributed by atoms with Crippen LogP contribution < -0.4 is 10.1 Å². The van der Waals surface area contributed by atoms with E-state index in [0.717, 1.165) is 43.9 Å². The molecule has 0 spiro atoms. The van der Waals surface area contributed by atoms with Crippen molar-refractivity contribution in [2.45, 2.75) is 33.1 Å². The van der Waals surface area contributed by atoms with E-state index >= 15 is 0 Å². The molecular formula is C28H35N5OSi. The van der Waals surface area contributed by atoms with Crippen LogP contribution in [0.25, 0.3) is 22.8 Å². The summed E-state index contributed by atoms with van der Waals surface area (Å²) in [7, 11) is 0.863. The van der Waals surface area contributed by atoms with Crippen molar-refractivity contribution in [3.05, 3.63) is 72.1 Å². The fourth-order valence-corrected chi connectivity index (χ4v) is 5.83. The van der Waals surface area contributed by atoms with Crippen molar-refractivity contribution < 1.29 is 4.52 Å². The van der Waals surface area contributed by atoms with Gasteiger partial charge in [-0.1, -0.05) is 72.4 Å². The molecule has 6 nitrogen and oxygen atoms in total. The number of benzene rings is 2. The molecule has 0 bridgehead atoms. The molecule has 1 aliphatic heterocycles. The zero-order chi connectivity index (χ0) is 24.6. The molecule has 0 amide bonds. The lowest BCUT2D eigenvalue weighted by molar-refractivity contribution is 0.312. The van der Waals surface area contributed by atoms with E-state index in [1.165, 1.54) is 22.1 Å². The molecule has 0 radical (unpaired) electrons. The van der Waals surface area contributed by atoms with Gasteiger partial charge in [0.15, 0.2) is 0 Å². The summed E-state index contributed by atoms with van der Waals surface area (Å²) in [4.78, 5) is 9.61. The summed E-state index contributed by atoms with van der Waals surface area (Å²) in [5.41, 5.74) is 5.77. The molecule has 2 aromatic carbocycles. The molecule has 2 aromatic heterocycles. The van der Waals surface area contributed by atoms with Crippen molar-refractivity contribution in [3.63, 3.8) is 0 Å². The molecule has 5 rings (SSSR count). The molecule has 0 saturated carbocycles. The van der Waals surface area contributed by atoms with E-state index in [1.54, 1.807) is 0 Å². The summed E-state index contributed by atoms with van der Waals surface area (Å²) in [5.74, 6) is 1.19. The van der Waals surface area contributed by atoms with Crippen LogP contribution >= 0.6 is 0 Å². The highest BCUT2D eigenvalue weighted by Crippen LogP contribution is 2.27. The third kappa shape index (κ3) is 5.11. The van der Waals surface area contributed by atoms with E-state index in [4.69, 9.17) is 9.51 Å². The lowest BCUT2D eigenvalue weighted by Crippen LogP contribution is -2.44. The molecule has 182 valence electrons. The first-order valence-corrected chi connectivity index (χ1v) is 15.9. The fourth-order valence-electron chi connectivity index (χ4n) is 4.66. The van der Waals surface area contributed by atoms with Gasteiger partial charge in [0.1, 0.15) is 0 Å². The topological polar surface area (TPSA) is 50.3 Å². The minimum Gasteiger partial charge on any atom is -0.369 e. The van der Waals surface area contributed by atoms with Gasteiger partial charge in [0.05, 0.1) is 13.6 Å². The number of anilines is 1. The molecule has 0 N–H and O–H groups in total. The van der Waals surface area contributed by atoms with Crippen molar-refractivity contribution in [2.24, 2.45) is 0 Å². The number of aryl methyl sites for hydroxylation is 1. The monoisotopic (exact) mass is 485 g/mol. The van der Waals surface area contributed by atoms with Crippen LogP contribution in [0.2, 0.25) is 19.6 Å². The Morgan fingerprint density at radius 2 is 1.63 bits per heavy atom. The minimum absolute atomic E-state index is 0.559. The Morgan fingerprint density at radius 1 is 0.914 bits per heavy atom. The van der Waals surface area contributed by atoms with Gasteiger partial charge in [0, 0.05) is 55.9 Å². The SMILES string of the molecule is Cc1cc(-c2nc(-c3ccc([Si](C)(C)C)cc3)no2)cn1Cc1ccccc1N1CCN(C)CC1. The Kier molecular flexibility index (Phi) is 6.38. The number of nitrogens with zero attached hydrogens (tertiary/aromatic N) is 5. The molecule has 7 heteroatoms. The number of hydrogen-bond donors (Lipinski definition) is 0. The van der Waals surface area contributed by atoms with E-state index in [1.807, 2.05) is 0 Å². The highest BCUT2D eigenvalue weighted by atomic mass is 28.3. The quantitative estimate of drug-likeness (QED) is 0.365. The van der Waals surface area contributed by atoms with Crippen LogP contribution in [0, 0.1) is 6.92 Å². The van der Waals surface area contributed by atoms with E-state index in [0.29, 0.717) is 11.7 Å². The van der Waals surface area contributed by atoms with Gasteiger partial charge in [-0.05, 0) is 31.7 Å². The zero-order valence-electron chi connectivity index (χ0n) is 21.5. The predicted molar refractivity (Wildman–Crippen MR) is 146 cm³/mol. The molecule has 0 aliphatic carbocycles.